The molecule has 3 N–H and O–H groups in total. The maximum Gasteiger partial charge on any atom is 0.128 e. The van der Waals surface area contributed by atoms with Crippen LogP contribution in [-0.4, -0.2) is 6.54 Å². The molecule has 0 saturated heterocycles. The second-order valence-electron chi connectivity index (χ2n) is 4.42. The Hall–Kier alpha value is -1.58. The fourth-order valence-corrected chi connectivity index (χ4v) is 2.09. The second kappa shape index (κ2) is 6.04. The molecule has 4 heteroatoms. The van der Waals surface area contributed by atoms with Gasteiger partial charge in [0, 0.05) is 22.8 Å². The highest BCUT2D eigenvalue weighted by Gasteiger charge is 2.13. The topological polar surface area (TPSA) is 38.0 Å². The predicted molar refractivity (Wildman–Crippen MR) is 78.0 cm³/mol. The first-order valence-electron chi connectivity index (χ1n) is 6.09. The highest BCUT2D eigenvalue weighted by Crippen LogP contribution is 2.25. The van der Waals surface area contributed by atoms with Crippen LogP contribution in [0, 0.1) is 12.7 Å². The number of anilines is 1. The van der Waals surface area contributed by atoms with Crippen molar-refractivity contribution in [1.82, 2.24) is 0 Å². The number of rotatable bonds is 4. The molecule has 0 bridgehead atoms. The lowest BCUT2D eigenvalue weighted by Gasteiger charge is -2.19. The summed E-state index contributed by atoms with van der Waals surface area (Å²) in [5, 5.41) is 3.88. The van der Waals surface area contributed by atoms with Gasteiger partial charge in [-0.05, 0) is 30.7 Å². The van der Waals surface area contributed by atoms with Crippen LogP contribution >= 0.6 is 11.6 Å². The number of hydrogen-bond donors (Lipinski definition) is 2. The summed E-state index contributed by atoms with van der Waals surface area (Å²) in [7, 11) is 0. The van der Waals surface area contributed by atoms with E-state index in [1.165, 1.54) is 6.07 Å². The van der Waals surface area contributed by atoms with Crippen LogP contribution in [0.3, 0.4) is 0 Å². The summed E-state index contributed by atoms with van der Waals surface area (Å²) in [6.07, 6.45) is 0. The molecule has 0 fully saturated rings. The average molecular weight is 279 g/mol. The van der Waals surface area contributed by atoms with E-state index in [0.29, 0.717) is 17.1 Å². The van der Waals surface area contributed by atoms with Crippen molar-refractivity contribution in [2.24, 2.45) is 5.73 Å². The van der Waals surface area contributed by atoms with Gasteiger partial charge in [0.15, 0.2) is 0 Å². The summed E-state index contributed by atoms with van der Waals surface area (Å²) >= 11 is 6.07. The second-order valence-corrected chi connectivity index (χ2v) is 4.83. The molecule has 1 atom stereocenters. The van der Waals surface area contributed by atoms with E-state index in [4.69, 9.17) is 17.3 Å². The van der Waals surface area contributed by atoms with Crippen molar-refractivity contribution >= 4 is 17.3 Å². The molecule has 0 spiro atoms. The average Bonchev–Trinajstić information content (AvgIpc) is 2.41. The van der Waals surface area contributed by atoms with E-state index in [1.807, 2.05) is 25.1 Å². The zero-order valence-electron chi connectivity index (χ0n) is 10.7. The predicted octanol–water partition coefficient (Wildman–Crippen LogP) is 3.90. The molecule has 0 aromatic heterocycles. The number of benzene rings is 2. The number of nitrogens with two attached hydrogens (primary N) is 1. The van der Waals surface area contributed by atoms with Crippen LogP contribution in [0.25, 0.3) is 0 Å². The third-order valence-electron chi connectivity index (χ3n) is 3.03. The molecule has 100 valence electrons. The quantitative estimate of drug-likeness (QED) is 0.890. The number of nitrogens with one attached hydrogen (secondary N) is 1. The SMILES string of the molecule is Cc1ccc(NC(CN)c2ccccc2F)cc1Cl. The maximum atomic E-state index is 13.8. The molecule has 0 heterocycles. The van der Waals surface area contributed by atoms with Crippen molar-refractivity contribution in [2.45, 2.75) is 13.0 Å². The third-order valence-corrected chi connectivity index (χ3v) is 3.44. The lowest BCUT2D eigenvalue weighted by molar-refractivity contribution is 0.593. The summed E-state index contributed by atoms with van der Waals surface area (Å²) in [5.74, 6) is -0.261. The molecule has 0 aliphatic rings. The lowest BCUT2D eigenvalue weighted by Crippen LogP contribution is -2.21. The van der Waals surface area contributed by atoms with E-state index in [1.54, 1.807) is 18.2 Å². The van der Waals surface area contributed by atoms with Gasteiger partial charge in [-0.15, -0.1) is 0 Å². The van der Waals surface area contributed by atoms with E-state index < -0.39 is 0 Å². The Morgan fingerprint density at radius 3 is 2.63 bits per heavy atom. The molecule has 0 saturated carbocycles. The number of halogens is 2. The summed E-state index contributed by atoms with van der Waals surface area (Å²) in [5.41, 5.74) is 8.11. The standard InChI is InChI=1S/C15H16ClFN2/c1-10-6-7-11(8-13(10)16)19-15(9-18)12-4-2-3-5-14(12)17/h2-8,15,19H,9,18H2,1H3. The van der Waals surface area contributed by atoms with Crippen molar-refractivity contribution in [3.8, 4) is 0 Å². The Morgan fingerprint density at radius 2 is 2.00 bits per heavy atom. The maximum absolute atomic E-state index is 13.8. The molecule has 19 heavy (non-hydrogen) atoms. The van der Waals surface area contributed by atoms with Gasteiger partial charge in [-0.3, -0.25) is 0 Å². The Labute approximate surface area is 117 Å². The molecule has 0 aliphatic carbocycles. The third kappa shape index (κ3) is 3.25. The monoisotopic (exact) mass is 278 g/mol. The zero-order valence-corrected chi connectivity index (χ0v) is 11.4. The smallest absolute Gasteiger partial charge is 0.128 e. The van der Waals surface area contributed by atoms with Crippen molar-refractivity contribution in [3.63, 3.8) is 0 Å². The van der Waals surface area contributed by atoms with Crippen LogP contribution in [-0.2, 0) is 0 Å². The summed E-state index contributed by atoms with van der Waals surface area (Å²) in [6, 6.07) is 12.0. The van der Waals surface area contributed by atoms with Crippen molar-refractivity contribution in [3.05, 3.63) is 64.4 Å². The fourth-order valence-electron chi connectivity index (χ4n) is 1.91. The van der Waals surface area contributed by atoms with E-state index in [2.05, 4.69) is 5.32 Å². The van der Waals surface area contributed by atoms with Crippen LogP contribution in [0.4, 0.5) is 10.1 Å². The zero-order chi connectivity index (χ0) is 13.8. The number of aryl methyl sites for hydroxylation is 1. The van der Waals surface area contributed by atoms with Gasteiger partial charge in [0.1, 0.15) is 5.82 Å². The highest BCUT2D eigenvalue weighted by atomic mass is 35.5. The first kappa shape index (κ1) is 13.8. The van der Waals surface area contributed by atoms with Gasteiger partial charge in [-0.1, -0.05) is 35.9 Å². The molecule has 2 rings (SSSR count). The van der Waals surface area contributed by atoms with E-state index in [0.717, 1.165) is 11.3 Å². The summed E-state index contributed by atoms with van der Waals surface area (Å²) < 4.78 is 13.8. The van der Waals surface area contributed by atoms with E-state index in [-0.39, 0.29) is 11.9 Å². The molecule has 1 unspecified atom stereocenters. The van der Waals surface area contributed by atoms with E-state index in [9.17, 15) is 4.39 Å². The Kier molecular flexibility index (Phi) is 4.40. The molecule has 2 aromatic carbocycles. The van der Waals surface area contributed by atoms with Gasteiger partial charge in [0.2, 0.25) is 0 Å². The first-order valence-corrected chi connectivity index (χ1v) is 6.47. The van der Waals surface area contributed by atoms with Crippen LogP contribution in [0.5, 0.6) is 0 Å². The number of hydrogen-bond acceptors (Lipinski definition) is 2. The minimum absolute atomic E-state index is 0.261. The molecular formula is C15H16ClFN2. The fraction of sp³-hybridized carbons (Fsp3) is 0.200. The van der Waals surface area contributed by atoms with Gasteiger partial charge in [0.05, 0.1) is 6.04 Å². The molecule has 0 aliphatic heterocycles. The molecule has 0 radical (unpaired) electrons. The van der Waals surface area contributed by atoms with Crippen LogP contribution in [0.15, 0.2) is 42.5 Å². The Morgan fingerprint density at radius 1 is 1.26 bits per heavy atom. The minimum atomic E-state index is -0.278. The Balaban J connectivity index is 2.24. The van der Waals surface area contributed by atoms with Crippen LogP contribution in [0.1, 0.15) is 17.2 Å². The summed E-state index contributed by atoms with van der Waals surface area (Å²) in [4.78, 5) is 0. The Bertz CT molecular complexity index is 572. The first-order chi connectivity index (χ1) is 9.11. The summed E-state index contributed by atoms with van der Waals surface area (Å²) in [6.45, 7) is 2.23. The van der Waals surface area contributed by atoms with Gasteiger partial charge >= 0.3 is 0 Å². The normalized spacial score (nSPS) is 12.2. The highest BCUT2D eigenvalue weighted by molar-refractivity contribution is 6.31. The van der Waals surface area contributed by atoms with Crippen LogP contribution in [0.2, 0.25) is 5.02 Å². The van der Waals surface area contributed by atoms with Crippen molar-refractivity contribution in [2.75, 3.05) is 11.9 Å². The molecule has 0 amide bonds. The van der Waals surface area contributed by atoms with Crippen LogP contribution < -0.4 is 11.1 Å². The lowest BCUT2D eigenvalue weighted by atomic mass is 10.1. The van der Waals surface area contributed by atoms with Gasteiger partial charge in [-0.25, -0.2) is 4.39 Å². The van der Waals surface area contributed by atoms with Crippen molar-refractivity contribution < 1.29 is 4.39 Å². The molecule has 2 nitrogen and oxygen atoms in total. The van der Waals surface area contributed by atoms with Gasteiger partial charge in [-0.2, -0.15) is 0 Å². The van der Waals surface area contributed by atoms with Crippen molar-refractivity contribution in [1.29, 1.82) is 0 Å². The van der Waals surface area contributed by atoms with Gasteiger partial charge in [0.25, 0.3) is 0 Å². The molecule has 2 aromatic rings. The largest absolute Gasteiger partial charge is 0.377 e. The van der Waals surface area contributed by atoms with Gasteiger partial charge < -0.3 is 11.1 Å². The minimum Gasteiger partial charge on any atom is -0.377 e. The van der Waals surface area contributed by atoms with E-state index >= 15 is 0 Å². The molecular weight excluding hydrogens is 263 g/mol.